The van der Waals surface area contributed by atoms with Gasteiger partial charge in [0.2, 0.25) is 5.91 Å². The predicted octanol–water partition coefficient (Wildman–Crippen LogP) is 2.91. The molecule has 1 atom stereocenters. The third-order valence-corrected chi connectivity index (χ3v) is 4.75. The lowest BCUT2D eigenvalue weighted by Gasteiger charge is -2.32. The molecule has 1 aromatic carbocycles. The van der Waals surface area contributed by atoms with Crippen LogP contribution in [0.1, 0.15) is 45.6 Å². The van der Waals surface area contributed by atoms with E-state index in [2.05, 4.69) is 10.6 Å². The van der Waals surface area contributed by atoms with Crippen molar-refractivity contribution in [3.05, 3.63) is 35.9 Å². The zero-order chi connectivity index (χ0) is 24.1. The first-order valence-corrected chi connectivity index (χ1v) is 10.9. The van der Waals surface area contributed by atoms with Crippen molar-refractivity contribution >= 4 is 18.1 Å². The van der Waals surface area contributed by atoms with Gasteiger partial charge in [-0.3, -0.25) is 9.69 Å². The molecule has 0 aliphatic rings. The number of alkyl carbamates (subject to hydrolysis) is 1. The molecule has 0 spiro atoms. The van der Waals surface area contributed by atoms with Gasteiger partial charge in [0, 0.05) is 33.2 Å². The Morgan fingerprint density at radius 2 is 1.75 bits per heavy atom. The molecular formula is C23H38N4O5. The second-order valence-electron chi connectivity index (χ2n) is 8.70. The SMILES string of the molecule is CNCCN(C)C(=O)[C@H](CCCCNC(=O)OC(C)(C)C)N(Cc1ccccc1)C(=O)O. The summed E-state index contributed by atoms with van der Waals surface area (Å²) in [7, 11) is 3.48. The van der Waals surface area contributed by atoms with E-state index in [4.69, 9.17) is 4.74 Å². The van der Waals surface area contributed by atoms with Gasteiger partial charge in [-0.25, -0.2) is 9.59 Å². The van der Waals surface area contributed by atoms with Crippen LogP contribution in [0.25, 0.3) is 0 Å². The highest BCUT2D eigenvalue weighted by Crippen LogP contribution is 2.16. The highest BCUT2D eigenvalue weighted by molar-refractivity contribution is 5.85. The highest BCUT2D eigenvalue weighted by atomic mass is 16.6. The van der Waals surface area contributed by atoms with Crippen molar-refractivity contribution in [2.24, 2.45) is 0 Å². The van der Waals surface area contributed by atoms with Crippen molar-refractivity contribution in [3.8, 4) is 0 Å². The van der Waals surface area contributed by atoms with Crippen molar-refractivity contribution in [2.75, 3.05) is 33.7 Å². The maximum Gasteiger partial charge on any atom is 0.408 e. The number of carbonyl (C=O) groups is 3. The average molecular weight is 451 g/mol. The Morgan fingerprint density at radius 3 is 2.31 bits per heavy atom. The van der Waals surface area contributed by atoms with Crippen LogP contribution in [-0.2, 0) is 16.1 Å². The molecule has 0 aromatic heterocycles. The molecule has 9 heteroatoms. The number of nitrogens with zero attached hydrogens (tertiary/aromatic N) is 2. The number of ether oxygens (including phenoxy) is 1. The van der Waals surface area contributed by atoms with Crippen LogP contribution in [0, 0.1) is 0 Å². The molecule has 0 heterocycles. The molecule has 9 nitrogen and oxygen atoms in total. The van der Waals surface area contributed by atoms with Gasteiger partial charge in [-0.2, -0.15) is 0 Å². The quantitative estimate of drug-likeness (QED) is 0.422. The number of nitrogens with one attached hydrogen (secondary N) is 2. The summed E-state index contributed by atoms with van der Waals surface area (Å²) in [6.07, 6.45) is -0.0980. The number of unbranched alkanes of at least 4 members (excludes halogenated alkanes) is 1. The van der Waals surface area contributed by atoms with Crippen molar-refractivity contribution in [2.45, 2.75) is 58.2 Å². The van der Waals surface area contributed by atoms with E-state index >= 15 is 0 Å². The normalized spacial score (nSPS) is 12.0. The number of carboxylic acid groups (broad SMARTS) is 1. The van der Waals surface area contributed by atoms with E-state index in [-0.39, 0.29) is 12.5 Å². The molecule has 0 aliphatic heterocycles. The summed E-state index contributed by atoms with van der Waals surface area (Å²) in [5.41, 5.74) is 0.246. The summed E-state index contributed by atoms with van der Waals surface area (Å²) in [6, 6.07) is 8.41. The number of rotatable bonds is 12. The topological polar surface area (TPSA) is 111 Å². The molecule has 0 fully saturated rings. The summed E-state index contributed by atoms with van der Waals surface area (Å²) in [5, 5.41) is 15.5. The van der Waals surface area contributed by atoms with Gasteiger partial charge < -0.3 is 25.4 Å². The number of amides is 3. The molecule has 0 aliphatic carbocycles. The fraction of sp³-hybridized carbons (Fsp3) is 0.609. The fourth-order valence-corrected chi connectivity index (χ4v) is 3.12. The molecule has 3 N–H and O–H groups in total. The summed E-state index contributed by atoms with van der Waals surface area (Å²) in [6.45, 7) is 6.98. The van der Waals surface area contributed by atoms with Crippen LogP contribution in [0.2, 0.25) is 0 Å². The summed E-state index contributed by atoms with van der Waals surface area (Å²) < 4.78 is 5.21. The van der Waals surface area contributed by atoms with Crippen molar-refractivity contribution < 1.29 is 24.2 Å². The van der Waals surface area contributed by atoms with Gasteiger partial charge in [0.1, 0.15) is 11.6 Å². The van der Waals surface area contributed by atoms with Gasteiger partial charge in [0.25, 0.3) is 0 Å². The Morgan fingerprint density at radius 1 is 1.09 bits per heavy atom. The maximum absolute atomic E-state index is 13.1. The Hall–Kier alpha value is -2.81. The van der Waals surface area contributed by atoms with Crippen molar-refractivity contribution in [1.29, 1.82) is 0 Å². The van der Waals surface area contributed by atoms with Gasteiger partial charge in [-0.05, 0) is 52.6 Å². The largest absolute Gasteiger partial charge is 0.465 e. The Balaban J connectivity index is 2.79. The van der Waals surface area contributed by atoms with E-state index < -0.39 is 23.8 Å². The van der Waals surface area contributed by atoms with Crippen LogP contribution in [0.4, 0.5) is 9.59 Å². The molecule has 180 valence electrons. The molecule has 1 aromatic rings. The first kappa shape index (κ1) is 27.2. The van der Waals surface area contributed by atoms with E-state index in [1.165, 1.54) is 4.90 Å². The maximum atomic E-state index is 13.1. The monoisotopic (exact) mass is 450 g/mol. The number of benzene rings is 1. The summed E-state index contributed by atoms with van der Waals surface area (Å²) in [4.78, 5) is 39.7. The minimum absolute atomic E-state index is 0.128. The van der Waals surface area contributed by atoms with Gasteiger partial charge in [-0.1, -0.05) is 30.3 Å². The lowest BCUT2D eigenvalue weighted by atomic mass is 10.1. The Labute approximate surface area is 191 Å². The standard InChI is InChI=1S/C23H38N4O5/c1-23(2,3)32-21(29)25-14-10-9-13-19(20(28)26(5)16-15-24-4)27(22(30)31)17-18-11-7-6-8-12-18/h6-8,11-12,19,24H,9-10,13-17H2,1-5H3,(H,25,29)(H,30,31)/t19-/m0/s1. The van der Waals surface area contributed by atoms with Crippen LogP contribution in [0.5, 0.6) is 0 Å². The number of carbonyl (C=O) groups excluding carboxylic acids is 2. The first-order valence-electron chi connectivity index (χ1n) is 10.9. The number of hydrogen-bond donors (Lipinski definition) is 3. The second kappa shape index (κ2) is 13.6. The van der Waals surface area contributed by atoms with Gasteiger partial charge in [-0.15, -0.1) is 0 Å². The molecule has 0 saturated heterocycles. The number of hydrogen-bond acceptors (Lipinski definition) is 5. The van der Waals surface area contributed by atoms with Gasteiger partial charge in [0.15, 0.2) is 0 Å². The van der Waals surface area contributed by atoms with Crippen LogP contribution in [0.3, 0.4) is 0 Å². The lowest BCUT2D eigenvalue weighted by molar-refractivity contribution is -0.135. The minimum Gasteiger partial charge on any atom is -0.465 e. The smallest absolute Gasteiger partial charge is 0.408 e. The average Bonchev–Trinajstić information content (AvgIpc) is 2.72. The minimum atomic E-state index is -1.14. The van der Waals surface area contributed by atoms with E-state index in [9.17, 15) is 19.5 Å². The van der Waals surface area contributed by atoms with Gasteiger partial charge in [0.05, 0.1) is 0 Å². The van der Waals surface area contributed by atoms with E-state index in [1.54, 1.807) is 39.8 Å². The molecule has 0 radical (unpaired) electrons. The fourth-order valence-electron chi connectivity index (χ4n) is 3.12. The van der Waals surface area contributed by atoms with Crippen LogP contribution in [0.15, 0.2) is 30.3 Å². The number of likely N-dealkylation sites (N-methyl/N-ethyl adjacent to an activating group) is 2. The lowest BCUT2D eigenvalue weighted by Crippen LogP contribution is -2.50. The third-order valence-electron chi connectivity index (χ3n) is 4.75. The molecule has 32 heavy (non-hydrogen) atoms. The molecule has 1 rings (SSSR count). The van der Waals surface area contributed by atoms with Crippen molar-refractivity contribution in [3.63, 3.8) is 0 Å². The van der Waals surface area contributed by atoms with E-state index in [0.29, 0.717) is 38.9 Å². The van der Waals surface area contributed by atoms with Crippen LogP contribution < -0.4 is 10.6 Å². The van der Waals surface area contributed by atoms with E-state index in [0.717, 1.165) is 5.56 Å². The molecule has 0 unspecified atom stereocenters. The Bertz CT molecular complexity index is 721. The molecule has 3 amide bonds. The second-order valence-corrected chi connectivity index (χ2v) is 8.70. The van der Waals surface area contributed by atoms with Crippen molar-refractivity contribution in [1.82, 2.24) is 20.4 Å². The Kier molecular flexibility index (Phi) is 11.5. The predicted molar refractivity (Wildman–Crippen MR) is 123 cm³/mol. The molecule has 0 bridgehead atoms. The first-order chi connectivity index (χ1) is 15.0. The van der Waals surface area contributed by atoms with Crippen LogP contribution >= 0.6 is 0 Å². The zero-order valence-corrected chi connectivity index (χ0v) is 19.9. The van der Waals surface area contributed by atoms with Gasteiger partial charge >= 0.3 is 12.2 Å². The zero-order valence-electron chi connectivity index (χ0n) is 19.9. The molecular weight excluding hydrogens is 412 g/mol. The van der Waals surface area contributed by atoms with Crippen LogP contribution in [-0.4, -0.2) is 78.4 Å². The van der Waals surface area contributed by atoms with E-state index in [1.807, 2.05) is 30.3 Å². The summed E-state index contributed by atoms with van der Waals surface area (Å²) in [5.74, 6) is -0.237. The third kappa shape index (κ3) is 10.5. The highest BCUT2D eigenvalue weighted by Gasteiger charge is 2.31. The summed E-state index contributed by atoms with van der Waals surface area (Å²) >= 11 is 0. The molecule has 0 saturated carbocycles.